The summed E-state index contributed by atoms with van der Waals surface area (Å²) in [6.45, 7) is 0.700. The smallest absolute Gasteiger partial charge is 0.185 e. The van der Waals surface area contributed by atoms with Crippen LogP contribution < -0.4 is 24.2 Å². The fourth-order valence-corrected chi connectivity index (χ4v) is 4.85. The van der Waals surface area contributed by atoms with Gasteiger partial charge in [-0.25, -0.2) is 9.97 Å². The molecule has 2 aromatic carbocycles. The normalized spacial score (nSPS) is 10.6. The summed E-state index contributed by atoms with van der Waals surface area (Å²) in [5, 5.41) is 21.4. The average Bonchev–Trinajstić information content (AvgIpc) is 3.40. The maximum absolute atomic E-state index is 9.13. The second-order valence-electron chi connectivity index (χ2n) is 7.36. The molecular formula is C25H25N5O5S2. The minimum Gasteiger partial charge on any atom is -0.497 e. The van der Waals surface area contributed by atoms with Crippen molar-refractivity contribution in [2.24, 2.45) is 0 Å². The maximum atomic E-state index is 9.13. The summed E-state index contributed by atoms with van der Waals surface area (Å²) < 4.78 is 26.5. The number of aromatic nitrogens is 2. The molecule has 0 saturated carbocycles. The number of ether oxygens (including phenoxy) is 4. The number of aliphatic hydroxyl groups excluding tert-OH is 1. The van der Waals surface area contributed by atoms with Crippen molar-refractivity contribution >= 4 is 51.6 Å². The van der Waals surface area contributed by atoms with Crippen LogP contribution in [0.3, 0.4) is 0 Å². The van der Waals surface area contributed by atoms with Crippen LogP contribution in [-0.4, -0.2) is 55.7 Å². The van der Waals surface area contributed by atoms with E-state index in [1.807, 2.05) is 30.3 Å². The van der Waals surface area contributed by atoms with Crippen LogP contribution in [-0.2, 0) is 4.74 Å². The number of benzene rings is 2. The van der Waals surface area contributed by atoms with Crippen LogP contribution in [0.25, 0.3) is 11.0 Å². The number of rotatable bonds is 13. The molecule has 0 spiro atoms. The number of nitriles is 1. The van der Waals surface area contributed by atoms with E-state index in [-0.39, 0.29) is 19.8 Å². The largest absolute Gasteiger partial charge is 0.497 e. The molecule has 37 heavy (non-hydrogen) atoms. The predicted octanol–water partition coefficient (Wildman–Crippen LogP) is 4.83. The first kappa shape index (κ1) is 26.3. The molecular weight excluding hydrogens is 514 g/mol. The molecule has 0 saturated heterocycles. The average molecular weight is 540 g/mol. The lowest BCUT2D eigenvalue weighted by Gasteiger charge is -2.19. The fraction of sp³-hybridized carbons (Fsp3) is 0.240. The number of methoxy groups -OCH3 is 2. The van der Waals surface area contributed by atoms with Crippen molar-refractivity contribution in [1.82, 2.24) is 9.97 Å². The van der Waals surface area contributed by atoms with Gasteiger partial charge < -0.3 is 34.1 Å². The highest BCUT2D eigenvalue weighted by Gasteiger charge is 2.18. The van der Waals surface area contributed by atoms with Crippen LogP contribution in [0.2, 0.25) is 0 Å². The van der Waals surface area contributed by atoms with Gasteiger partial charge in [-0.3, -0.25) is 0 Å². The van der Waals surface area contributed by atoms with E-state index < -0.39 is 0 Å². The highest BCUT2D eigenvalue weighted by molar-refractivity contribution is 8.02. The lowest BCUT2D eigenvalue weighted by atomic mass is 10.2. The number of fused-ring (bicyclic) bond motifs is 1. The van der Waals surface area contributed by atoms with E-state index >= 15 is 0 Å². The van der Waals surface area contributed by atoms with Crippen molar-refractivity contribution < 1.29 is 24.1 Å². The number of hydrogen-bond acceptors (Lipinski definition) is 12. The van der Waals surface area contributed by atoms with Gasteiger partial charge in [0.1, 0.15) is 23.3 Å². The molecule has 0 aliphatic rings. The van der Waals surface area contributed by atoms with Crippen LogP contribution >= 0.6 is 23.3 Å². The van der Waals surface area contributed by atoms with E-state index in [0.717, 1.165) is 9.73 Å². The monoisotopic (exact) mass is 539 g/mol. The van der Waals surface area contributed by atoms with Gasteiger partial charge >= 0.3 is 0 Å². The van der Waals surface area contributed by atoms with Crippen molar-refractivity contribution in [3.8, 4) is 23.3 Å². The van der Waals surface area contributed by atoms with Crippen LogP contribution in [0.1, 0.15) is 4.88 Å². The van der Waals surface area contributed by atoms with Crippen LogP contribution in [0.4, 0.5) is 17.3 Å². The number of nitrogens with one attached hydrogen (secondary N) is 2. The Labute approximate surface area is 222 Å². The standard InChI is InChI=1S/C25H25N5O5S2/c1-32-16-13-20(23(21(14-16)33-2)35-12-11-34-10-9-31)29-24-25(28-19-6-4-3-5-18(19)27-24)30-37-22-8-7-17(15-26)36-22/h3-8,13-14,31H,9-12H2,1-2H3,(H,27,29)(H,28,30). The second-order valence-corrected chi connectivity index (χ2v) is 9.55. The van der Waals surface area contributed by atoms with Crippen molar-refractivity contribution in [2.45, 2.75) is 4.21 Å². The summed E-state index contributed by atoms with van der Waals surface area (Å²) in [6.07, 6.45) is 0. The highest BCUT2D eigenvalue weighted by Crippen LogP contribution is 2.42. The zero-order valence-electron chi connectivity index (χ0n) is 20.2. The summed E-state index contributed by atoms with van der Waals surface area (Å²) >= 11 is 2.72. The molecule has 4 aromatic rings. The Bertz CT molecular complexity index is 1390. The Morgan fingerprint density at radius 2 is 1.78 bits per heavy atom. The Hall–Kier alpha value is -3.76. The topological polar surface area (TPSA) is 131 Å². The molecule has 2 aromatic heterocycles. The van der Waals surface area contributed by atoms with E-state index in [9.17, 15) is 0 Å². The first-order valence-corrected chi connectivity index (χ1v) is 12.8. The third-order valence-electron chi connectivity index (χ3n) is 4.96. The van der Waals surface area contributed by atoms with E-state index in [0.29, 0.717) is 51.6 Å². The molecule has 12 heteroatoms. The van der Waals surface area contributed by atoms with E-state index in [4.69, 9.17) is 39.3 Å². The molecule has 0 aliphatic carbocycles. The molecule has 0 aliphatic heterocycles. The fourth-order valence-electron chi connectivity index (χ4n) is 3.28. The second kappa shape index (κ2) is 13.0. The van der Waals surface area contributed by atoms with Gasteiger partial charge in [0.15, 0.2) is 23.1 Å². The molecule has 0 amide bonds. The molecule has 10 nitrogen and oxygen atoms in total. The van der Waals surface area contributed by atoms with Crippen LogP contribution in [0.5, 0.6) is 17.2 Å². The maximum Gasteiger partial charge on any atom is 0.185 e. The van der Waals surface area contributed by atoms with E-state index in [1.165, 1.54) is 23.3 Å². The van der Waals surface area contributed by atoms with E-state index in [1.54, 1.807) is 32.4 Å². The Morgan fingerprint density at radius 1 is 1.00 bits per heavy atom. The first-order valence-electron chi connectivity index (χ1n) is 11.2. The Morgan fingerprint density at radius 3 is 2.46 bits per heavy atom. The number of aliphatic hydroxyl groups is 1. The van der Waals surface area contributed by atoms with Gasteiger partial charge in [-0.1, -0.05) is 12.1 Å². The summed E-state index contributed by atoms with van der Waals surface area (Å²) in [7, 11) is 3.11. The van der Waals surface area contributed by atoms with Gasteiger partial charge in [-0.15, -0.1) is 11.3 Å². The summed E-state index contributed by atoms with van der Waals surface area (Å²) in [5.74, 6) is 2.42. The zero-order chi connectivity index (χ0) is 26.0. The molecule has 4 rings (SSSR count). The van der Waals surface area contributed by atoms with Gasteiger partial charge in [0.2, 0.25) is 0 Å². The van der Waals surface area contributed by atoms with Crippen molar-refractivity contribution in [1.29, 1.82) is 5.26 Å². The van der Waals surface area contributed by atoms with Gasteiger partial charge in [0.05, 0.1) is 55.0 Å². The van der Waals surface area contributed by atoms with Crippen molar-refractivity contribution in [2.75, 3.05) is 50.7 Å². The minimum absolute atomic E-state index is 0.0591. The third kappa shape index (κ3) is 6.72. The predicted molar refractivity (Wildman–Crippen MR) is 144 cm³/mol. The molecule has 0 radical (unpaired) electrons. The molecule has 0 fully saturated rings. The third-order valence-corrected chi connectivity index (χ3v) is 6.87. The number of hydrogen-bond donors (Lipinski definition) is 3. The van der Waals surface area contributed by atoms with Crippen molar-refractivity contribution in [3.63, 3.8) is 0 Å². The SMILES string of the molecule is COc1cc(Nc2nc3ccccc3nc2NSc2ccc(C#N)s2)c(OCCOCCO)c(OC)c1. The quantitative estimate of drug-likeness (QED) is 0.159. The summed E-state index contributed by atoms with van der Waals surface area (Å²) in [4.78, 5) is 10.2. The number of para-hydroxylation sites is 2. The molecule has 0 unspecified atom stereocenters. The first-order chi connectivity index (χ1) is 18.1. The highest BCUT2D eigenvalue weighted by atomic mass is 32.2. The Balaban J connectivity index is 1.68. The summed E-state index contributed by atoms with van der Waals surface area (Å²) in [5.41, 5.74) is 1.98. The lowest BCUT2D eigenvalue weighted by Crippen LogP contribution is -2.11. The molecule has 3 N–H and O–H groups in total. The van der Waals surface area contributed by atoms with Gasteiger partial charge in [0, 0.05) is 12.1 Å². The summed E-state index contributed by atoms with van der Waals surface area (Å²) in [6, 6.07) is 16.9. The van der Waals surface area contributed by atoms with Gasteiger partial charge in [0.25, 0.3) is 0 Å². The number of thiophene rings is 1. The molecule has 2 heterocycles. The Kier molecular flexibility index (Phi) is 9.23. The molecule has 0 atom stereocenters. The van der Waals surface area contributed by atoms with E-state index in [2.05, 4.69) is 16.1 Å². The zero-order valence-corrected chi connectivity index (χ0v) is 21.8. The van der Waals surface area contributed by atoms with Crippen LogP contribution in [0.15, 0.2) is 52.7 Å². The molecule has 0 bridgehead atoms. The lowest BCUT2D eigenvalue weighted by molar-refractivity contribution is 0.0700. The minimum atomic E-state index is -0.0591. The molecule has 192 valence electrons. The van der Waals surface area contributed by atoms with Gasteiger partial charge in [-0.05, 0) is 36.2 Å². The van der Waals surface area contributed by atoms with Crippen LogP contribution in [0, 0.1) is 11.3 Å². The number of anilines is 3. The number of nitrogens with zero attached hydrogens (tertiary/aromatic N) is 3. The van der Waals surface area contributed by atoms with Crippen molar-refractivity contribution in [3.05, 3.63) is 53.4 Å². The van der Waals surface area contributed by atoms with Gasteiger partial charge in [-0.2, -0.15) is 5.26 Å².